The summed E-state index contributed by atoms with van der Waals surface area (Å²) in [5, 5.41) is 14.4. The number of carbonyl (C=O) groups excluding carboxylic acids is 1. The number of nitrogens with one attached hydrogen (secondary N) is 2. The summed E-state index contributed by atoms with van der Waals surface area (Å²) in [4.78, 5) is 26.6. The molecule has 2 unspecified atom stereocenters. The number of nitrogens with zero attached hydrogens (tertiary/aromatic N) is 1. The molecule has 0 spiro atoms. The molecule has 0 radical (unpaired) electrons. The first-order chi connectivity index (χ1) is 9.06. The van der Waals surface area contributed by atoms with Crippen LogP contribution in [-0.4, -0.2) is 28.1 Å². The Hall–Kier alpha value is -2.11. The molecule has 1 saturated carbocycles. The number of carboxylic acids is 1. The van der Waals surface area contributed by atoms with Crippen molar-refractivity contribution in [2.24, 2.45) is 5.92 Å². The molecule has 6 heteroatoms. The van der Waals surface area contributed by atoms with E-state index < -0.39 is 5.97 Å². The molecular weight excluding hydrogens is 246 g/mol. The number of rotatable bonds is 3. The van der Waals surface area contributed by atoms with Gasteiger partial charge in [-0.2, -0.15) is 0 Å². The van der Waals surface area contributed by atoms with E-state index in [0.29, 0.717) is 24.9 Å². The fourth-order valence-corrected chi connectivity index (χ4v) is 2.28. The Balaban J connectivity index is 1.86. The Morgan fingerprint density at radius 1 is 1.42 bits per heavy atom. The van der Waals surface area contributed by atoms with Gasteiger partial charge in [0.05, 0.1) is 17.8 Å². The Morgan fingerprint density at radius 3 is 2.84 bits per heavy atom. The van der Waals surface area contributed by atoms with Gasteiger partial charge in [-0.1, -0.05) is 0 Å². The van der Waals surface area contributed by atoms with Crippen LogP contribution in [-0.2, 0) is 4.79 Å². The van der Waals surface area contributed by atoms with Gasteiger partial charge in [-0.05, 0) is 37.8 Å². The van der Waals surface area contributed by atoms with Gasteiger partial charge in [0.25, 0.3) is 0 Å². The number of aliphatic carboxylic acids is 1. The number of carbonyl (C=O) groups is 2. The van der Waals surface area contributed by atoms with E-state index in [1.165, 1.54) is 0 Å². The molecule has 1 aromatic heterocycles. The second kappa shape index (κ2) is 5.69. The first-order valence-corrected chi connectivity index (χ1v) is 6.27. The monoisotopic (exact) mass is 263 g/mol. The van der Waals surface area contributed by atoms with E-state index >= 15 is 0 Å². The molecule has 2 atom stereocenters. The summed E-state index contributed by atoms with van der Waals surface area (Å²) in [5.74, 6) is -1.13. The van der Waals surface area contributed by atoms with Crippen molar-refractivity contribution in [3.63, 3.8) is 0 Å². The highest BCUT2D eigenvalue weighted by molar-refractivity contribution is 5.90. The highest BCUT2D eigenvalue weighted by Gasteiger charge is 2.30. The molecule has 0 saturated heterocycles. The molecule has 0 aromatic carbocycles. The molecule has 102 valence electrons. The lowest BCUT2D eigenvalue weighted by Gasteiger charge is -2.14. The summed E-state index contributed by atoms with van der Waals surface area (Å²) >= 11 is 0. The van der Waals surface area contributed by atoms with Gasteiger partial charge in [-0.15, -0.1) is 0 Å². The normalized spacial score (nSPS) is 21.9. The zero-order valence-corrected chi connectivity index (χ0v) is 10.7. The molecule has 0 bridgehead atoms. The van der Waals surface area contributed by atoms with Gasteiger partial charge in [0.1, 0.15) is 0 Å². The molecule has 1 aliphatic carbocycles. The number of aryl methyl sites for hydroxylation is 1. The van der Waals surface area contributed by atoms with Gasteiger partial charge < -0.3 is 15.7 Å². The predicted molar refractivity (Wildman–Crippen MR) is 69.9 cm³/mol. The van der Waals surface area contributed by atoms with Crippen LogP contribution in [0.4, 0.5) is 10.5 Å². The minimum atomic E-state index is -0.784. The van der Waals surface area contributed by atoms with Crippen molar-refractivity contribution < 1.29 is 14.7 Å². The number of aromatic nitrogens is 1. The van der Waals surface area contributed by atoms with E-state index in [1.807, 2.05) is 13.0 Å². The van der Waals surface area contributed by atoms with Crippen LogP contribution < -0.4 is 10.6 Å². The lowest BCUT2D eigenvalue weighted by molar-refractivity contribution is -0.141. The molecule has 6 nitrogen and oxygen atoms in total. The summed E-state index contributed by atoms with van der Waals surface area (Å²) < 4.78 is 0. The Morgan fingerprint density at radius 2 is 2.21 bits per heavy atom. The van der Waals surface area contributed by atoms with Crippen LogP contribution >= 0.6 is 0 Å². The van der Waals surface area contributed by atoms with E-state index in [2.05, 4.69) is 15.6 Å². The fourth-order valence-electron chi connectivity index (χ4n) is 2.28. The van der Waals surface area contributed by atoms with Crippen molar-refractivity contribution in [3.8, 4) is 0 Å². The van der Waals surface area contributed by atoms with Crippen LogP contribution in [0, 0.1) is 12.8 Å². The second-order valence-corrected chi connectivity index (χ2v) is 4.83. The molecule has 1 fully saturated rings. The number of amides is 2. The van der Waals surface area contributed by atoms with Gasteiger partial charge in [0.15, 0.2) is 0 Å². The lowest BCUT2D eigenvalue weighted by Crippen LogP contribution is -2.36. The molecule has 1 aromatic rings. The molecular formula is C13H17N3O3. The molecule has 19 heavy (non-hydrogen) atoms. The van der Waals surface area contributed by atoms with E-state index in [0.717, 1.165) is 5.56 Å². The SMILES string of the molecule is Cc1ccncc1NC(=O)NC1CCC(C(=O)O)C1. The highest BCUT2D eigenvalue weighted by Crippen LogP contribution is 2.25. The van der Waals surface area contributed by atoms with Crippen LogP contribution in [0.25, 0.3) is 0 Å². The predicted octanol–water partition coefficient (Wildman–Crippen LogP) is 1.76. The van der Waals surface area contributed by atoms with Gasteiger partial charge in [0, 0.05) is 12.2 Å². The first kappa shape index (κ1) is 13.3. The average Bonchev–Trinajstić information content (AvgIpc) is 2.80. The number of urea groups is 1. The van der Waals surface area contributed by atoms with Crippen molar-refractivity contribution in [3.05, 3.63) is 24.0 Å². The van der Waals surface area contributed by atoms with Gasteiger partial charge in [-0.25, -0.2) is 4.79 Å². The van der Waals surface area contributed by atoms with Crippen LogP contribution in [0.2, 0.25) is 0 Å². The third-order valence-corrected chi connectivity index (χ3v) is 3.40. The zero-order chi connectivity index (χ0) is 13.8. The van der Waals surface area contributed by atoms with Crippen molar-refractivity contribution in [2.75, 3.05) is 5.32 Å². The van der Waals surface area contributed by atoms with Crippen molar-refractivity contribution >= 4 is 17.7 Å². The fraction of sp³-hybridized carbons (Fsp3) is 0.462. The van der Waals surface area contributed by atoms with Crippen molar-refractivity contribution in [1.82, 2.24) is 10.3 Å². The second-order valence-electron chi connectivity index (χ2n) is 4.83. The third kappa shape index (κ3) is 3.43. The number of hydrogen-bond acceptors (Lipinski definition) is 3. The standard InChI is InChI=1S/C13H17N3O3/c1-8-4-5-14-7-11(8)16-13(19)15-10-3-2-9(6-10)12(17)18/h4-5,7,9-10H,2-3,6H2,1H3,(H,17,18)(H2,15,16,19). The topological polar surface area (TPSA) is 91.3 Å². The highest BCUT2D eigenvalue weighted by atomic mass is 16.4. The maximum Gasteiger partial charge on any atom is 0.319 e. The Bertz CT molecular complexity index is 490. The van der Waals surface area contributed by atoms with Gasteiger partial charge >= 0.3 is 12.0 Å². The molecule has 0 aliphatic heterocycles. The third-order valence-electron chi connectivity index (χ3n) is 3.40. The number of hydrogen-bond donors (Lipinski definition) is 3. The van der Waals surface area contributed by atoms with Crippen LogP contribution in [0.15, 0.2) is 18.5 Å². The summed E-state index contributed by atoms with van der Waals surface area (Å²) in [5.41, 5.74) is 1.59. The van der Waals surface area contributed by atoms with E-state index in [1.54, 1.807) is 12.4 Å². The largest absolute Gasteiger partial charge is 0.481 e. The number of pyridine rings is 1. The molecule has 1 aliphatic rings. The average molecular weight is 263 g/mol. The minimum absolute atomic E-state index is 0.0712. The Kier molecular flexibility index (Phi) is 3.99. The van der Waals surface area contributed by atoms with E-state index in [4.69, 9.17) is 5.11 Å². The zero-order valence-electron chi connectivity index (χ0n) is 10.7. The molecule has 2 amide bonds. The molecule has 1 heterocycles. The van der Waals surface area contributed by atoms with Crippen molar-refractivity contribution in [2.45, 2.75) is 32.2 Å². The summed E-state index contributed by atoms with van der Waals surface area (Å²) in [6, 6.07) is 1.43. The van der Waals surface area contributed by atoms with E-state index in [9.17, 15) is 9.59 Å². The Labute approximate surface area is 111 Å². The minimum Gasteiger partial charge on any atom is -0.481 e. The van der Waals surface area contributed by atoms with Crippen LogP contribution in [0.5, 0.6) is 0 Å². The van der Waals surface area contributed by atoms with Crippen LogP contribution in [0.3, 0.4) is 0 Å². The lowest BCUT2D eigenvalue weighted by atomic mass is 10.1. The number of carboxylic acid groups (broad SMARTS) is 1. The van der Waals surface area contributed by atoms with Crippen LogP contribution in [0.1, 0.15) is 24.8 Å². The van der Waals surface area contributed by atoms with Gasteiger partial charge in [0.2, 0.25) is 0 Å². The van der Waals surface area contributed by atoms with E-state index in [-0.39, 0.29) is 18.0 Å². The first-order valence-electron chi connectivity index (χ1n) is 6.27. The summed E-state index contributed by atoms with van der Waals surface area (Å²) in [6.07, 6.45) is 5.06. The quantitative estimate of drug-likeness (QED) is 0.775. The van der Waals surface area contributed by atoms with Gasteiger partial charge in [-0.3, -0.25) is 9.78 Å². The molecule has 2 rings (SSSR count). The smallest absolute Gasteiger partial charge is 0.319 e. The summed E-state index contributed by atoms with van der Waals surface area (Å²) in [7, 11) is 0. The number of anilines is 1. The maximum atomic E-state index is 11.8. The van der Waals surface area contributed by atoms with Crippen molar-refractivity contribution in [1.29, 1.82) is 0 Å². The summed E-state index contributed by atoms with van der Waals surface area (Å²) in [6.45, 7) is 1.88. The molecule has 3 N–H and O–H groups in total. The maximum absolute atomic E-state index is 11.8.